The quantitative estimate of drug-likeness (QED) is 0.491. The number of halogens is 3. The van der Waals surface area contributed by atoms with Crippen molar-refractivity contribution in [2.24, 2.45) is 0 Å². The SMILES string of the molecule is O=C(O)c1cc2c(cc1C(=O)O)Oc1c(C(=O)O)cc(C(=O)O)c(C(F)(F)F)c1C2. The van der Waals surface area contributed by atoms with Crippen LogP contribution in [-0.2, 0) is 12.6 Å². The molecule has 0 radical (unpaired) electrons. The molecule has 3 rings (SSSR count). The maximum absolute atomic E-state index is 13.6. The molecule has 30 heavy (non-hydrogen) atoms. The van der Waals surface area contributed by atoms with Gasteiger partial charge in [-0.05, 0) is 18.2 Å². The molecule has 0 spiro atoms. The van der Waals surface area contributed by atoms with Crippen LogP contribution in [0.25, 0.3) is 0 Å². The van der Waals surface area contributed by atoms with Gasteiger partial charge in [0.15, 0.2) is 0 Å². The number of carbonyl (C=O) groups is 4. The lowest BCUT2D eigenvalue weighted by Crippen LogP contribution is -2.22. The van der Waals surface area contributed by atoms with Crippen molar-refractivity contribution < 1.29 is 57.5 Å². The Morgan fingerprint density at radius 3 is 1.73 bits per heavy atom. The van der Waals surface area contributed by atoms with Gasteiger partial charge in [-0.2, -0.15) is 13.2 Å². The van der Waals surface area contributed by atoms with Gasteiger partial charge in [0.2, 0.25) is 0 Å². The first-order valence-electron chi connectivity index (χ1n) is 7.88. The summed E-state index contributed by atoms with van der Waals surface area (Å²) in [5, 5.41) is 36.9. The Morgan fingerprint density at radius 2 is 1.27 bits per heavy atom. The molecular formula is C18H9F3O9. The number of rotatable bonds is 4. The zero-order valence-electron chi connectivity index (χ0n) is 14.4. The minimum absolute atomic E-state index is 0.186. The molecule has 0 unspecified atom stereocenters. The van der Waals surface area contributed by atoms with Gasteiger partial charge in [0.05, 0.1) is 22.3 Å². The number of hydrogen-bond acceptors (Lipinski definition) is 5. The van der Waals surface area contributed by atoms with Gasteiger partial charge < -0.3 is 25.2 Å². The average Bonchev–Trinajstić information content (AvgIpc) is 2.62. The maximum Gasteiger partial charge on any atom is 0.417 e. The number of fused-ring (bicyclic) bond motifs is 2. The van der Waals surface area contributed by atoms with E-state index in [1.165, 1.54) is 0 Å². The molecule has 0 saturated carbocycles. The van der Waals surface area contributed by atoms with Gasteiger partial charge in [0, 0.05) is 17.5 Å². The van der Waals surface area contributed by atoms with E-state index in [0.29, 0.717) is 6.07 Å². The minimum atomic E-state index is -5.20. The first kappa shape index (κ1) is 20.6. The highest BCUT2D eigenvalue weighted by Crippen LogP contribution is 2.47. The molecule has 2 aromatic carbocycles. The summed E-state index contributed by atoms with van der Waals surface area (Å²) in [6.45, 7) is 0. The Balaban J connectivity index is 2.37. The third-order valence-corrected chi connectivity index (χ3v) is 4.36. The first-order chi connectivity index (χ1) is 13.8. The lowest BCUT2D eigenvalue weighted by atomic mass is 9.88. The summed E-state index contributed by atoms with van der Waals surface area (Å²) in [5.74, 6) is -8.27. The van der Waals surface area contributed by atoms with Crippen molar-refractivity contribution in [3.63, 3.8) is 0 Å². The highest BCUT2D eigenvalue weighted by Gasteiger charge is 2.42. The third kappa shape index (κ3) is 3.27. The predicted molar refractivity (Wildman–Crippen MR) is 88.6 cm³/mol. The van der Waals surface area contributed by atoms with Crippen LogP contribution >= 0.6 is 0 Å². The molecule has 0 fully saturated rings. The molecule has 12 heteroatoms. The van der Waals surface area contributed by atoms with Gasteiger partial charge in [0.25, 0.3) is 0 Å². The van der Waals surface area contributed by atoms with Crippen molar-refractivity contribution in [1.29, 1.82) is 0 Å². The highest BCUT2D eigenvalue weighted by molar-refractivity contribution is 6.03. The fourth-order valence-electron chi connectivity index (χ4n) is 3.17. The second-order valence-corrected chi connectivity index (χ2v) is 6.16. The minimum Gasteiger partial charge on any atom is -0.478 e. The Kier molecular flexibility index (Phi) is 4.65. The van der Waals surface area contributed by atoms with Crippen molar-refractivity contribution in [1.82, 2.24) is 0 Å². The number of alkyl halides is 3. The van der Waals surface area contributed by atoms with E-state index in [0.717, 1.165) is 12.1 Å². The van der Waals surface area contributed by atoms with Crippen molar-refractivity contribution in [2.75, 3.05) is 0 Å². The van der Waals surface area contributed by atoms with E-state index in [1.807, 2.05) is 0 Å². The zero-order chi connectivity index (χ0) is 22.5. The summed E-state index contributed by atoms with van der Waals surface area (Å²) in [6.07, 6.45) is -5.94. The smallest absolute Gasteiger partial charge is 0.417 e. The van der Waals surface area contributed by atoms with Crippen LogP contribution in [0.15, 0.2) is 18.2 Å². The third-order valence-electron chi connectivity index (χ3n) is 4.36. The molecule has 1 heterocycles. The Morgan fingerprint density at radius 1 is 0.767 bits per heavy atom. The monoisotopic (exact) mass is 426 g/mol. The lowest BCUT2D eigenvalue weighted by Gasteiger charge is -2.26. The summed E-state index contributed by atoms with van der Waals surface area (Å²) in [7, 11) is 0. The van der Waals surface area contributed by atoms with Crippen molar-refractivity contribution >= 4 is 23.9 Å². The van der Waals surface area contributed by atoms with E-state index < -0.39 is 75.6 Å². The Labute approximate surface area is 163 Å². The number of hydrogen-bond donors (Lipinski definition) is 4. The molecule has 0 saturated heterocycles. The van der Waals surface area contributed by atoms with Crippen LogP contribution < -0.4 is 4.74 Å². The van der Waals surface area contributed by atoms with Crippen LogP contribution in [-0.4, -0.2) is 44.3 Å². The first-order valence-corrected chi connectivity index (χ1v) is 7.88. The molecule has 0 aromatic heterocycles. The molecule has 0 atom stereocenters. The number of benzene rings is 2. The average molecular weight is 426 g/mol. The summed E-state index contributed by atoms with van der Waals surface area (Å²) in [6, 6.07) is 1.85. The van der Waals surface area contributed by atoms with Crippen LogP contribution in [0.5, 0.6) is 11.5 Å². The topological polar surface area (TPSA) is 158 Å². The van der Waals surface area contributed by atoms with Crippen molar-refractivity contribution in [2.45, 2.75) is 12.6 Å². The van der Waals surface area contributed by atoms with Crippen LogP contribution in [0.3, 0.4) is 0 Å². The summed E-state index contributed by atoms with van der Waals surface area (Å²) in [4.78, 5) is 45.5. The van der Waals surface area contributed by atoms with E-state index in [9.17, 15) is 47.7 Å². The van der Waals surface area contributed by atoms with Crippen LogP contribution in [0.1, 0.15) is 58.1 Å². The van der Waals surface area contributed by atoms with Gasteiger partial charge >= 0.3 is 30.1 Å². The van der Waals surface area contributed by atoms with E-state index in [2.05, 4.69) is 0 Å². The molecule has 156 valence electrons. The van der Waals surface area contributed by atoms with Gasteiger partial charge in [-0.3, -0.25) is 0 Å². The summed E-state index contributed by atoms with van der Waals surface area (Å²) >= 11 is 0. The molecule has 1 aliphatic heterocycles. The largest absolute Gasteiger partial charge is 0.478 e. The molecular weight excluding hydrogens is 417 g/mol. The van der Waals surface area contributed by atoms with Crippen LogP contribution in [0, 0.1) is 0 Å². The molecule has 1 aliphatic rings. The lowest BCUT2D eigenvalue weighted by molar-refractivity contribution is -0.138. The molecule has 0 amide bonds. The van der Waals surface area contributed by atoms with Crippen molar-refractivity contribution in [3.8, 4) is 11.5 Å². The number of aromatic carboxylic acids is 4. The van der Waals surface area contributed by atoms with Gasteiger partial charge in [-0.1, -0.05) is 0 Å². The number of ether oxygens (including phenoxy) is 1. The highest BCUT2D eigenvalue weighted by atomic mass is 19.4. The molecule has 0 aliphatic carbocycles. The van der Waals surface area contributed by atoms with E-state index >= 15 is 0 Å². The van der Waals surface area contributed by atoms with Gasteiger partial charge in [0.1, 0.15) is 17.1 Å². The zero-order valence-corrected chi connectivity index (χ0v) is 14.4. The molecule has 2 aromatic rings. The number of carboxylic acid groups (broad SMARTS) is 4. The fraction of sp³-hybridized carbons (Fsp3) is 0.111. The van der Waals surface area contributed by atoms with Gasteiger partial charge in [-0.25, -0.2) is 19.2 Å². The fourth-order valence-corrected chi connectivity index (χ4v) is 3.17. The standard InChI is InChI=1S/C18H9F3O9/c19-18(20,21)12-8-2-5-1-6(14(22)23)7(15(24)25)4-11(5)30-13(8)10(17(28)29)3-9(12)16(26)27/h1,3-4H,2H2,(H,22,23)(H,24,25)(H,26,27)(H,28,29). The second kappa shape index (κ2) is 6.76. The van der Waals surface area contributed by atoms with Gasteiger partial charge in [-0.15, -0.1) is 0 Å². The second-order valence-electron chi connectivity index (χ2n) is 6.16. The normalized spacial score (nSPS) is 12.4. The number of carboxylic acids is 4. The van der Waals surface area contributed by atoms with E-state index in [4.69, 9.17) is 9.84 Å². The Hall–Kier alpha value is -4.09. The van der Waals surface area contributed by atoms with Crippen LogP contribution in [0.2, 0.25) is 0 Å². The maximum atomic E-state index is 13.6. The Bertz CT molecular complexity index is 1150. The molecule has 9 nitrogen and oxygen atoms in total. The predicted octanol–water partition coefficient (Wildman–Crippen LogP) is 3.19. The summed E-state index contributed by atoms with van der Waals surface area (Å²) < 4.78 is 46.2. The molecule has 0 bridgehead atoms. The molecule has 4 N–H and O–H groups in total. The van der Waals surface area contributed by atoms with Crippen LogP contribution in [0.4, 0.5) is 13.2 Å². The summed E-state index contributed by atoms with van der Waals surface area (Å²) in [5.41, 5.74) is -6.28. The van der Waals surface area contributed by atoms with E-state index in [-0.39, 0.29) is 11.3 Å². The van der Waals surface area contributed by atoms with Crippen molar-refractivity contribution in [3.05, 3.63) is 57.1 Å². The van der Waals surface area contributed by atoms with E-state index in [1.54, 1.807) is 0 Å².